The summed E-state index contributed by atoms with van der Waals surface area (Å²) in [5.41, 5.74) is 1.82. The van der Waals surface area contributed by atoms with Crippen molar-refractivity contribution in [2.24, 2.45) is 0 Å². The third-order valence-electron chi connectivity index (χ3n) is 4.55. The molecule has 8 heteroatoms. The summed E-state index contributed by atoms with van der Waals surface area (Å²) in [5, 5.41) is 4.01. The van der Waals surface area contributed by atoms with E-state index < -0.39 is 0 Å². The van der Waals surface area contributed by atoms with Gasteiger partial charge in [-0.05, 0) is 32.4 Å². The first-order chi connectivity index (χ1) is 12.4. The summed E-state index contributed by atoms with van der Waals surface area (Å²) in [6, 6.07) is 3.84. The monoisotopic (exact) mass is 374 g/mol. The van der Waals surface area contributed by atoms with Crippen molar-refractivity contribution >= 4 is 29.1 Å². The Balaban J connectivity index is 1.80. The van der Waals surface area contributed by atoms with Crippen molar-refractivity contribution in [1.82, 2.24) is 19.9 Å². The standard InChI is InChI=1S/C18H23ClN6O/c1-11-12(2)21-16(18(26)24(3)4)23-17(11)25-9-7-13(10-25)22-15-14(19)6-5-8-20-15/h5-6,8,13H,7,9-10H2,1-4H3,(H,20,22)/t13-/m1/s1. The molecular weight excluding hydrogens is 352 g/mol. The minimum atomic E-state index is -0.191. The second kappa shape index (κ2) is 7.45. The van der Waals surface area contributed by atoms with Crippen LogP contribution in [-0.4, -0.2) is 59.0 Å². The first-order valence-corrected chi connectivity index (χ1v) is 8.93. The van der Waals surface area contributed by atoms with Gasteiger partial charge in [-0.25, -0.2) is 15.0 Å². The molecule has 2 aromatic heterocycles. The number of amides is 1. The number of hydrogen-bond acceptors (Lipinski definition) is 6. The zero-order valence-corrected chi connectivity index (χ0v) is 16.2. The van der Waals surface area contributed by atoms with Crippen LogP contribution < -0.4 is 10.2 Å². The molecule has 1 amide bonds. The fourth-order valence-corrected chi connectivity index (χ4v) is 3.15. The summed E-state index contributed by atoms with van der Waals surface area (Å²) in [7, 11) is 3.40. The van der Waals surface area contributed by atoms with Crippen LogP contribution in [0.2, 0.25) is 5.02 Å². The van der Waals surface area contributed by atoms with Crippen molar-refractivity contribution in [3.05, 3.63) is 40.4 Å². The first-order valence-electron chi connectivity index (χ1n) is 8.55. The molecule has 0 aromatic carbocycles. The van der Waals surface area contributed by atoms with Crippen molar-refractivity contribution in [2.45, 2.75) is 26.3 Å². The second-order valence-corrected chi connectivity index (χ2v) is 7.10. The summed E-state index contributed by atoms with van der Waals surface area (Å²) in [6.07, 6.45) is 2.66. The Labute approximate surface area is 158 Å². The molecule has 138 valence electrons. The van der Waals surface area contributed by atoms with Crippen LogP contribution >= 0.6 is 11.6 Å². The van der Waals surface area contributed by atoms with Gasteiger partial charge >= 0.3 is 0 Å². The number of hydrogen-bond donors (Lipinski definition) is 1. The van der Waals surface area contributed by atoms with Crippen LogP contribution in [-0.2, 0) is 0 Å². The normalized spacial score (nSPS) is 16.7. The molecule has 1 aliphatic heterocycles. The number of anilines is 2. The number of pyridine rings is 1. The molecule has 1 atom stereocenters. The van der Waals surface area contributed by atoms with Crippen LogP contribution in [0.15, 0.2) is 18.3 Å². The van der Waals surface area contributed by atoms with Crippen LogP contribution in [0.3, 0.4) is 0 Å². The van der Waals surface area contributed by atoms with Crippen molar-refractivity contribution in [3.63, 3.8) is 0 Å². The molecule has 0 radical (unpaired) electrons. The molecule has 7 nitrogen and oxygen atoms in total. The summed E-state index contributed by atoms with van der Waals surface area (Å²) < 4.78 is 0. The molecule has 0 unspecified atom stereocenters. The summed E-state index contributed by atoms with van der Waals surface area (Å²) >= 11 is 6.19. The Morgan fingerprint density at radius 1 is 1.35 bits per heavy atom. The minimum Gasteiger partial charge on any atom is -0.364 e. The van der Waals surface area contributed by atoms with Gasteiger partial charge in [0.2, 0.25) is 5.82 Å². The molecule has 1 N–H and O–H groups in total. The number of nitrogens with zero attached hydrogens (tertiary/aromatic N) is 5. The van der Waals surface area contributed by atoms with Gasteiger partial charge in [0.25, 0.3) is 5.91 Å². The smallest absolute Gasteiger partial charge is 0.291 e. The van der Waals surface area contributed by atoms with E-state index in [1.54, 1.807) is 20.3 Å². The zero-order valence-electron chi connectivity index (χ0n) is 15.5. The molecule has 3 rings (SSSR count). The molecular formula is C18H23ClN6O. The van der Waals surface area contributed by atoms with E-state index in [1.165, 1.54) is 4.90 Å². The predicted molar refractivity (Wildman–Crippen MR) is 103 cm³/mol. The molecule has 2 aromatic rings. The number of nitrogens with one attached hydrogen (secondary N) is 1. The van der Waals surface area contributed by atoms with Gasteiger partial charge in [0.1, 0.15) is 11.6 Å². The molecule has 1 aliphatic rings. The molecule has 26 heavy (non-hydrogen) atoms. The maximum atomic E-state index is 12.3. The van der Waals surface area contributed by atoms with E-state index in [-0.39, 0.29) is 17.8 Å². The fourth-order valence-electron chi connectivity index (χ4n) is 2.97. The van der Waals surface area contributed by atoms with Gasteiger partial charge in [-0.15, -0.1) is 0 Å². The Morgan fingerprint density at radius 3 is 2.81 bits per heavy atom. The molecule has 0 aliphatic carbocycles. The topological polar surface area (TPSA) is 74.2 Å². The highest BCUT2D eigenvalue weighted by Gasteiger charge is 2.27. The van der Waals surface area contributed by atoms with E-state index in [4.69, 9.17) is 11.6 Å². The largest absolute Gasteiger partial charge is 0.364 e. The molecule has 1 saturated heterocycles. The van der Waals surface area contributed by atoms with Gasteiger partial charge in [-0.3, -0.25) is 4.79 Å². The van der Waals surface area contributed by atoms with Crippen molar-refractivity contribution in [2.75, 3.05) is 37.4 Å². The Morgan fingerprint density at radius 2 is 2.12 bits per heavy atom. The molecule has 3 heterocycles. The highest BCUT2D eigenvalue weighted by Crippen LogP contribution is 2.26. The minimum absolute atomic E-state index is 0.191. The van der Waals surface area contributed by atoms with Crippen LogP contribution in [0.4, 0.5) is 11.6 Å². The second-order valence-electron chi connectivity index (χ2n) is 6.69. The van der Waals surface area contributed by atoms with E-state index in [0.717, 1.165) is 36.6 Å². The first kappa shape index (κ1) is 18.4. The average Bonchev–Trinajstić information content (AvgIpc) is 3.06. The van der Waals surface area contributed by atoms with E-state index in [1.807, 2.05) is 26.0 Å². The maximum absolute atomic E-state index is 12.3. The lowest BCUT2D eigenvalue weighted by atomic mass is 10.2. The van der Waals surface area contributed by atoms with Gasteiger partial charge in [0, 0.05) is 50.7 Å². The van der Waals surface area contributed by atoms with Gasteiger partial charge in [-0.2, -0.15) is 0 Å². The van der Waals surface area contributed by atoms with E-state index in [2.05, 4.69) is 25.2 Å². The summed E-state index contributed by atoms with van der Waals surface area (Å²) in [5.74, 6) is 1.56. The van der Waals surface area contributed by atoms with E-state index in [0.29, 0.717) is 10.8 Å². The molecule has 0 bridgehead atoms. The van der Waals surface area contributed by atoms with E-state index >= 15 is 0 Å². The zero-order chi connectivity index (χ0) is 18.8. The Hall–Kier alpha value is -2.41. The lowest BCUT2D eigenvalue weighted by Crippen LogP contribution is -2.30. The van der Waals surface area contributed by atoms with Crippen LogP contribution in [0.25, 0.3) is 0 Å². The maximum Gasteiger partial charge on any atom is 0.291 e. The summed E-state index contributed by atoms with van der Waals surface area (Å²) in [6.45, 7) is 5.51. The highest BCUT2D eigenvalue weighted by atomic mass is 35.5. The Kier molecular flexibility index (Phi) is 5.27. The number of carbonyl (C=O) groups is 1. The Bertz CT molecular complexity index is 825. The van der Waals surface area contributed by atoms with Crippen LogP contribution in [0.5, 0.6) is 0 Å². The third-order valence-corrected chi connectivity index (χ3v) is 4.85. The van der Waals surface area contributed by atoms with Gasteiger partial charge < -0.3 is 15.1 Å². The average molecular weight is 375 g/mol. The summed E-state index contributed by atoms with van der Waals surface area (Å²) in [4.78, 5) is 29.1. The van der Waals surface area contributed by atoms with Crippen molar-refractivity contribution < 1.29 is 4.79 Å². The lowest BCUT2D eigenvalue weighted by Gasteiger charge is -2.22. The van der Waals surface area contributed by atoms with Crippen LogP contribution in [0, 0.1) is 13.8 Å². The van der Waals surface area contributed by atoms with Crippen molar-refractivity contribution in [3.8, 4) is 0 Å². The van der Waals surface area contributed by atoms with E-state index in [9.17, 15) is 4.79 Å². The van der Waals surface area contributed by atoms with Crippen LogP contribution in [0.1, 0.15) is 28.3 Å². The van der Waals surface area contributed by atoms with Gasteiger partial charge in [0.15, 0.2) is 0 Å². The highest BCUT2D eigenvalue weighted by molar-refractivity contribution is 6.32. The van der Waals surface area contributed by atoms with Gasteiger partial charge in [0.05, 0.1) is 5.02 Å². The number of rotatable bonds is 4. The number of carbonyl (C=O) groups excluding carboxylic acids is 1. The quantitative estimate of drug-likeness (QED) is 0.886. The fraction of sp³-hybridized carbons (Fsp3) is 0.444. The predicted octanol–water partition coefficient (Wildman–Crippen LogP) is 2.53. The molecule has 0 saturated carbocycles. The molecule has 0 spiro atoms. The number of aryl methyl sites for hydroxylation is 1. The van der Waals surface area contributed by atoms with Gasteiger partial charge in [-0.1, -0.05) is 11.6 Å². The number of halogens is 1. The van der Waals surface area contributed by atoms with Crippen molar-refractivity contribution in [1.29, 1.82) is 0 Å². The SMILES string of the molecule is Cc1nc(C(=O)N(C)C)nc(N2CC[C@@H](Nc3ncccc3Cl)C2)c1C. The third kappa shape index (κ3) is 3.72. The number of aromatic nitrogens is 3. The lowest BCUT2D eigenvalue weighted by molar-refractivity contribution is 0.0815. The molecule has 1 fully saturated rings.